The highest BCUT2D eigenvalue weighted by Crippen LogP contribution is 2.06. The first-order chi connectivity index (χ1) is 7.78. The zero-order valence-corrected chi connectivity index (χ0v) is 11.2. The summed E-state index contributed by atoms with van der Waals surface area (Å²) in [5.74, 6) is -1.14. The number of carboxylic acid groups (broad SMARTS) is 1. The van der Waals surface area contributed by atoms with E-state index in [0.717, 1.165) is 6.42 Å². The van der Waals surface area contributed by atoms with Crippen LogP contribution in [0.15, 0.2) is 0 Å². The minimum atomic E-state index is -0.790. The molecule has 0 aliphatic rings. The minimum absolute atomic E-state index is 0.195. The highest BCUT2D eigenvalue weighted by atomic mass is 16.4. The van der Waals surface area contributed by atoms with Gasteiger partial charge in [-0.3, -0.25) is 4.79 Å². The lowest BCUT2D eigenvalue weighted by atomic mass is 10.0. The van der Waals surface area contributed by atoms with E-state index in [1.165, 1.54) is 0 Å². The minimum Gasteiger partial charge on any atom is -0.481 e. The van der Waals surface area contributed by atoms with Crippen molar-refractivity contribution in [3.05, 3.63) is 0 Å². The van der Waals surface area contributed by atoms with E-state index in [-0.39, 0.29) is 17.5 Å². The number of carboxylic acids is 1. The molecule has 2 amide bonds. The summed E-state index contributed by atoms with van der Waals surface area (Å²) in [6, 6.07) is -0.195. The molecule has 5 nitrogen and oxygen atoms in total. The molecule has 0 rings (SSSR count). The van der Waals surface area contributed by atoms with Crippen LogP contribution in [0, 0.1) is 5.92 Å². The molecule has 0 saturated carbocycles. The first kappa shape index (κ1) is 15.7. The zero-order chi connectivity index (χ0) is 13.5. The van der Waals surface area contributed by atoms with E-state index < -0.39 is 5.97 Å². The Hall–Kier alpha value is -1.26. The summed E-state index contributed by atoms with van der Waals surface area (Å²) in [7, 11) is 0. The Kier molecular flexibility index (Phi) is 6.61. The van der Waals surface area contributed by atoms with Crippen LogP contribution in [0.3, 0.4) is 0 Å². The van der Waals surface area contributed by atoms with E-state index in [4.69, 9.17) is 5.11 Å². The summed E-state index contributed by atoms with van der Waals surface area (Å²) < 4.78 is 0. The van der Waals surface area contributed by atoms with Gasteiger partial charge in [-0.25, -0.2) is 4.79 Å². The van der Waals surface area contributed by atoms with Crippen molar-refractivity contribution in [2.75, 3.05) is 6.54 Å². The number of carbonyl (C=O) groups is 2. The molecule has 0 aromatic heterocycles. The van der Waals surface area contributed by atoms with Gasteiger partial charge in [-0.2, -0.15) is 0 Å². The van der Waals surface area contributed by atoms with Gasteiger partial charge in [0.25, 0.3) is 0 Å². The van der Waals surface area contributed by atoms with Crippen molar-refractivity contribution >= 4 is 12.0 Å². The molecular formula is C12H24N2O3. The van der Waals surface area contributed by atoms with Gasteiger partial charge in [0.05, 0.1) is 5.92 Å². The molecule has 0 heterocycles. The molecule has 3 N–H and O–H groups in total. The molecule has 0 spiro atoms. The largest absolute Gasteiger partial charge is 0.481 e. The van der Waals surface area contributed by atoms with E-state index in [9.17, 15) is 9.59 Å². The number of hydrogen-bond donors (Lipinski definition) is 3. The van der Waals surface area contributed by atoms with Crippen LogP contribution in [-0.4, -0.2) is 29.2 Å². The first-order valence-electron chi connectivity index (χ1n) is 6.07. The number of nitrogens with one attached hydrogen (secondary N) is 2. The maximum absolute atomic E-state index is 11.5. The fourth-order valence-corrected chi connectivity index (χ4v) is 1.17. The van der Waals surface area contributed by atoms with Crippen LogP contribution in [0.1, 0.15) is 47.0 Å². The average Bonchev–Trinajstić information content (AvgIpc) is 2.23. The molecule has 5 heteroatoms. The summed E-state index contributed by atoms with van der Waals surface area (Å²) in [5.41, 5.74) is -0.210. The van der Waals surface area contributed by atoms with Gasteiger partial charge >= 0.3 is 12.0 Å². The monoisotopic (exact) mass is 244 g/mol. The van der Waals surface area contributed by atoms with Crippen molar-refractivity contribution in [2.24, 2.45) is 5.92 Å². The van der Waals surface area contributed by atoms with Gasteiger partial charge in [-0.1, -0.05) is 13.8 Å². The molecule has 0 aromatic rings. The van der Waals surface area contributed by atoms with Gasteiger partial charge in [-0.05, 0) is 33.1 Å². The van der Waals surface area contributed by atoms with Crippen LogP contribution in [0.2, 0.25) is 0 Å². The zero-order valence-electron chi connectivity index (χ0n) is 11.2. The molecular weight excluding hydrogens is 220 g/mol. The maximum Gasteiger partial charge on any atom is 0.315 e. The molecule has 0 fully saturated rings. The third-order valence-electron chi connectivity index (χ3n) is 2.86. The fraction of sp³-hybridized carbons (Fsp3) is 0.833. The van der Waals surface area contributed by atoms with Crippen LogP contribution in [-0.2, 0) is 4.79 Å². The molecule has 0 aliphatic carbocycles. The SMILES string of the molecule is CCC(C)(C)NC(=O)NCCCC(C)C(=O)O. The highest BCUT2D eigenvalue weighted by Gasteiger charge is 2.17. The number of carbonyl (C=O) groups excluding carboxylic acids is 1. The Balaban J connectivity index is 3.69. The third kappa shape index (κ3) is 7.60. The van der Waals surface area contributed by atoms with Crippen LogP contribution in [0.4, 0.5) is 4.79 Å². The van der Waals surface area contributed by atoms with Crippen molar-refractivity contribution < 1.29 is 14.7 Å². The average molecular weight is 244 g/mol. The van der Waals surface area contributed by atoms with Gasteiger partial charge in [0.1, 0.15) is 0 Å². The van der Waals surface area contributed by atoms with E-state index in [1.54, 1.807) is 6.92 Å². The second-order valence-corrected chi connectivity index (χ2v) is 5.00. The van der Waals surface area contributed by atoms with E-state index in [2.05, 4.69) is 10.6 Å². The summed E-state index contributed by atoms with van der Waals surface area (Å²) in [5, 5.41) is 14.3. The smallest absolute Gasteiger partial charge is 0.315 e. The summed E-state index contributed by atoms with van der Waals surface area (Å²) in [6.07, 6.45) is 2.11. The van der Waals surface area contributed by atoms with Crippen molar-refractivity contribution in [1.82, 2.24) is 10.6 Å². The van der Waals surface area contributed by atoms with E-state index >= 15 is 0 Å². The molecule has 0 aliphatic heterocycles. The number of rotatable bonds is 7. The first-order valence-corrected chi connectivity index (χ1v) is 6.07. The van der Waals surface area contributed by atoms with Crippen LogP contribution in [0.5, 0.6) is 0 Å². The fourth-order valence-electron chi connectivity index (χ4n) is 1.17. The Labute approximate surface area is 103 Å². The third-order valence-corrected chi connectivity index (χ3v) is 2.86. The van der Waals surface area contributed by atoms with Crippen LogP contribution < -0.4 is 10.6 Å². The lowest BCUT2D eigenvalue weighted by Gasteiger charge is -2.24. The standard InChI is InChI=1S/C12H24N2O3/c1-5-12(3,4)14-11(17)13-8-6-7-9(2)10(15)16/h9H,5-8H2,1-4H3,(H,15,16)(H2,13,14,17). The molecule has 0 aromatic carbocycles. The van der Waals surface area contributed by atoms with Crippen molar-refractivity contribution in [3.8, 4) is 0 Å². The lowest BCUT2D eigenvalue weighted by Crippen LogP contribution is -2.48. The Morgan fingerprint density at radius 3 is 2.41 bits per heavy atom. The Bertz CT molecular complexity index is 264. The van der Waals surface area contributed by atoms with E-state index in [0.29, 0.717) is 19.4 Å². The van der Waals surface area contributed by atoms with Crippen molar-refractivity contribution in [1.29, 1.82) is 0 Å². The van der Waals surface area contributed by atoms with Gasteiger partial charge in [0.15, 0.2) is 0 Å². The molecule has 1 unspecified atom stereocenters. The van der Waals surface area contributed by atoms with Gasteiger partial charge < -0.3 is 15.7 Å². The molecule has 0 radical (unpaired) electrons. The predicted molar refractivity (Wildman–Crippen MR) is 66.9 cm³/mol. The number of aliphatic carboxylic acids is 1. The molecule has 100 valence electrons. The summed E-state index contributed by atoms with van der Waals surface area (Å²) >= 11 is 0. The quantitative estimate of drug-likeness (QED) is 0.599. The lowest BCUT2D eigenvalue weighted by molar-refractivity contribution is -0.141. The highest BCUT2D eigenvalue weighted by molar-refractivity contribution is 5.74. The Morgan fingerprint density at radius 1 is 1.35 bits per heavy atom. The van der Waals surface area contributed by atoms with Gasteiger partial charge in [-0.15, -0.1) is 0 Å². The van der Waals surface area contributed by atoms with Crippen molar-refractivity contribution in [2.45, 2.75) is 52.5 Å². The van der Waals surface area contributed by atoms with E-state index in [1.807, 2.05) is 20.8 Å². The molecule has 0 bridgehead atoms. The number of amides is 2. The molecule has 17 heavy (non-hydrogen) atoms. The topological polar surface area (TPSA) is 78.4 Å². The predicted octanol–water partition coefficient (Wildman–Crippen LogP) is 1.98. The van der Waals surface area contributed by atoms with Crippen LogP contribution >= 0.6 is 0 Å². The molecule has 1 atom stereocenters. The Morgan fingerprint density at radius 2 is 1.94 bits per heavy atom. The second kappa shape index (κ2) is 7.14. The van der Waals surface area contributed by atoms with Crippen molar-refractivity contribution in [3.63, 3.8) is 0 Å². The number of hydrogen-bond acceptors (Lipinski definition) is 2. The second-order valence-electron chi connectivity index (χ2n) is 5.00. The van der Waals surface area contributed by atoms with Gasteiger partial charge in [0.2, 0.25) is 0 Å². The summed E-state index contributed by atoms with van der Waals surface area (Å²) in [4.78, 5) is 22.0. The molecule has 0 saturated heterocycles. The normalized spacial score (nSPS) is 12.9. The van der Waals surface area contributed by atoms with Gasteiger partial charge in [0, 0.05) is 12.1 Å². The summed E-state index contributed by atoms with van der Waals surface area (Å²) in [6.45, 7) is 8.10. The maximum atomic E-state index is 11.5. The van der Waals surface area contributed by atoms with Crippen LogP contribution in [0.25, 0.3) is 0 Å². The number of urea groups is 1.